The highest BCUT2D eigenvalue weighted by Gasteiger charge is 2.36. The second kappa shape index (κ2) is 14.9. The third-order valence-electron chi connectivity index (χ3n) is 3.46. The molecule has 34 heavy (non-hydrogen) atoms. The van der Waals surface area contributed by atoms with E-state index < -0.39 is 48.6 Å². The normalized spacial score (nSPS) is 13.0. The lowest BCUT2D eigenvalue weighted by molar-refractivity contribution is -0.108. The quantitative estimate of drug-likeness (QED) is 0.132. The van der Waals surface area contributed by atoms with Gasteiger partial charge < -0.3 is 18.6 Å². The minimum atomic E-state index is -4.82. The average Bonchev–Trinajstić information content (AvgIpc) is 2.82. The second-order valence-electron chi connectivity index (χ2n) is 6.37. The first kappa shape index (κ1) is 31.8. The molecule has 1 unspecified atom stereocenters. The molecule has 2 rings (SSSR count). The number of hydrogen-bond donors (Lipinski definition) is 1. The Morgan fingerprint density at radius 2 is 1.29 bits per heavy atom. The lowest BCUT2D eigenvalue weighted by Gasteiger charge is -2.22. The zero-order chi connectivity index (χ0) is 26.6. The molecule has 0 saturated heterocycles. The smallest absolute Gasteiger partial charge is 0.405 e. The molecule has 0 radical (unpaired) electrons. The predicted molar refractivity (Wildman–Crippen MR) is 119 cm³/mol. The largest absolute Gasteiger partial charge is 0.513 e. The molecule has 1 N–H and O–H groups in total. The van der Waals surface area contributed by atoms with Gasteiger partial charge in [0, 0.05) is 12.1 Å². The van der Waals surface area contributed by atoms with Crippen LogP contribution in [0.4, 0.5) is 22.0 Å². The van der Waals surface area contributed by atoms with Crippen molar-refractivity contribution in [3.05, 3.63) is 58.4 Å². The molecule has 2 aromatic rings. The van der Waals surface area contributed by atoms with Gasteiger partial charge >= 0.3 is 7.75 Å². The van der Waals surface area contributed by atoms with Crippen LogP contribution in [-0.4, -0.2) is 25.5 Å². The summed E-state index contributed by atoms with van der Waals surface area (Å²) in [5.74, 6) is -13.7. The van der Waals surface area contributed by atoms with E-state index in [1.807, 2.05) is 32.8 Å². The zero-order valence-corrected chi connectivity index (χ0v) is 20.9. The summed E-state index contributed by atoms with van der Waals surface area (Å²) in [6, 6.07) is 3.80. The number of halogens is 6. The summed E-state index contributed by atoms with van der Waals surface area (Å²) in [5, 5.41) is 2.27. The maximum Gasteiger partial charge on any atom is 0.513 e. The Bertz CT molecular complexity index is 950. The Balaban J connectivity index is 0.00000138. The Morgan fingerprint density at radius 1 is 0.882 bits per heavy atom. The van der Waals surface area contributed by atoms with Gasteiger partial charge in [-0.3, -0.25) is 0 Å². The van der Waals surface area contributed by atoms with Crippen LogP contribution in [0.25, 0.3) is 0 Å². The van der Waals surface area contributed by atoms with Gasteiger partial charge in [0.15, 0.2) is 0 Å². The van der Waals surface area contributed by atoms with Gasteiger partial charge in [0.05, 0.1) is 12.1 Å². The van der Waals surface area contributed by atoms with Crippen molar-refractivity contribution in [1.29, 1.82) is 0 Å². The Hall–Kier alpha value is -2.20. The molecular formula is C21H26ClF5NO5P. The summed E-state index contributed by atoms with van der Waals surface area (Å²) in [6.45, 7) is 9.19. The lowest BCUT2D eigenvalue weighted by Crippen LogP contribution is -2.29. The third-order valence-corrected chi connectivity index (χ3v) is 5.31. The van der Waals surface area contributed by atoms with E-state index in [0.717, 1.165) is 0 Å². The van der Waals surface area contributed by atoms with E-state index >= 15 is 0 Å². The number of methoxy groups -OCH3 is 1. The molecule has 192 valence electrons. The second-order valence-corrected chi connectivity index (χ2v) is 8.43. The molecule has 0 saturated carbocycles. The fourth-order valence-corrected chi connectivity index (χ4v) is 3.40. The first-order valence-electron chi connectivity index (χ1n) is 9.87. The molecule has 2 aromatic carbocycles. The van der Waals surface area contributed by atoms with Crippen LogP contribution in [-0.2, 0) is 14.1 Å². The van der Waals surface area contributed by atoms with Crippen LogP contribution >= 0.6 is 19.3 Å². The topological polar surface area (TPSA) is 73.9 Å². The summed E-state index contributed by atoms with van der Waals surface area (Å²) in [5.41, 5.74) is 0. The van der Waals surface area contributed by atoms with Gasteiger partial charge in [0.25, 0.3) is 0 Å². The van der Waals surface area contributed by atoms with Gasteiger partial charge in [-0.2, -0.15) is 13.9 Å². The van der Waals surface area contributed by atoms with Gasteiger partial charge in [-0.15, -0.1) is 0 Å². The first-order chi connectivity index (χ1) is 15.8. The van der Waals surface area contributed by atoms with Gasteiger partial charge in [-0.25, -0.2) is 17.7 Å². The number of hydrogen-bond acceptors (Lipinski definition) is 5. The van der Waals surface area contributed by atoms with E-state index in [2.05, 4.69) is 4.52 Å². The Labute approximate surface area is 199 Å². The first-order valence-corrected chi connectivity index (χ1v) is 11.8. The van der Waals surface area contributed by atoms with Crippen molar-refractivity contribution in [1.82, 2.24) is 5.09 Å². The molecule has 13 heteroatoms. The van der Waals surface area contributed by atoms with E-state index in [1.165, 1.54) is 31.2 Å². The Morgan fingerprint density at radius 3 is 1.68 bits per heavy atom. The van der Waals surface area contributed by atoms with Crippen molar-refractivity contribution in [3.8, 4) is 11.5 Å². The van der Waals surface area contributed by atoms with E-state index in [9.17, 15) is 31.3 Å². The van der Waals surface area contributed by atoms with Crippen molar-refractivity contribution in [3.63, 3.8) is 0 Å². The van der Waals surface area contributed by atoms with Gasteiger partial charge in [0.2, 0.25) is 34.8 Å². The average molecular weight is 534 g/mol. The highest BCUT2D eigenvalue weighted by Crippen LogP contribution is 2.47. The SMILES string of the molecule is CC.COC(C)C.C[C@@H](C=O)NP(=O)(Oc1ccc(Cl)cc1)Oc1c(F)c(F)c(F)c(F)c1F. The van der Waals surface area contributed by atoms with Crippen LogP contribution in [0.1, 0.15) is 34.6 Å². The van der Waals surface area contributed by atoms with Crippen molar-refractivity contribution < 1.29 is 45.1 Å². The molecule has 0 aliphatic carbocycles. The van der Waals surface area contributed by atoms with Crippen LogP contribution in [0, 0.1) is 29.1 Å². The summed E-state index contributed by atoms with van der Waals surface area (Å²) >= 11 is 5.67. The molecule has 0 fully saturated rings. The number of rotatable bonds is 8. The molecule has 6 nitrogen and oxygen atoms in total. The number of ether oxygens (including phenoxy) is 1. The highest BCUT2D eigenvalue weighted by atomic mass is 35.5. The number of nitrogens with one attached hydrogen (secondary N) is 1. The van der Waals surface area contributed by atoms with Crippen LogP contribution in [0.2, 0.25) is 5.02 Å². The highest BCUT2D eigenvalue weighted by molar-refractivity contribution is 7.52. The molecule has 0 amide bonds. The lowest BCUT2D eigenvalue weighted by atomic mass is 10.3. The summed E-state index contributed by atoms with van der Waals surface area (Å²) < 4.78 is 94.4. The molecule has 0 heterocycles. The van der Waals surface area contributed by atoms with Crippen LogP contribution in [0.5, 0.6) is 11.5 Å². The number of aldehydes is 1. The number of carbonyl (C=O) groups excluding carboxylic acids is 1. The molecule has 0 aliphatic rings. The van der Waals surface area contributed by atoms with Crippen molar-refractivity contribution in [2.24, 2.45) is 0 Å². The summed E-state index contributed by atoms with van der Waals surface area (Å²) in [6.07, 6.45) is 0.634. The molecule has 0 bridgehead atoms. The van der Waals surface area contributed by atoms with Crippen molar-refractivity contribution in [2.75, 3.05) is 7.11 Å². The van der Waals surface area contributed by atoms with Gasteiger partial charge in [-0.05, 0) is 45.0 Å². The van der Waals surface area contributed by atoms with E-state index in [4.69, 9.17) is 20.9 Å². The maximum atomic E-state index is 13.8. The minimum Gasteiger partial charge on any atom is -0.405 e. The minimum absolute atomic E-state index is 0.183. The van der Waals surface area contributed by atoms with Crippen LogP contribution in [0.15, 0.2) is 24.3 Å². The van der Waals surface area contributed by atoms with Crippen LogP contribution in [0.3, 0.4) is 0 Å². The predicted octanol–water partition coefficient (Wildman–Crippen LogP) is 6.85. The maximum absolute atomic E-state index is 13.8. The molecule has 0 aromatic heterocycles. The monoisotopic (exact) mass is 533 g/mol. The molecular weight excluding hydrogens is 508 g/mol. The van der Waals surface area contributed by atoms with E-state index in [0.29, 0.717) is 6.10 Å². The molecule has 2 atom stereocenters. The molecule has 0 spiro atoms. The van der Waals surface area contributed by atoms with Crippen molar-refractivity contribution >= 4 is 25.6 Å². The zero-order valence-electron chi connectivity index (χ0n) is 19.3. The molecule has 0 aliphatic heterocycles. The fraction of sp³-hybridized carbons (Fsp3) is 0.381. The summed E-state index contributed by atoms with van der Waals surface area (Å²) in [7, 11) is -3.12. The van der Waals surface area contributed by atoms with Crippen LogP contribution < -0.4 is 14.1 Å². The number of carbonyl (C=O) groups is 1. The van der Waals surface area contributed by atoms with Gasteiger partial charge in [-0.1, -0.05) is 25.4 Å². The fourth-order valence-electron chi connectivity index (χ4n) is 1.77. The van der Waals surface area contributed by atoms with Gasteiger partial charge in [0.1, 0.15) is 12.0 Å². The standard InChI is InChI=1S/C15H10ClF5NO4P.C4H10O.C2H6/c1-7(6-23)22-27(24,25-9-4-2-8(16)3-5-9)26-15-13(20)11(18)10(17)12(19)14(15)21;1-4(2)5-3;1-2/h2-7H,1H3,(H,22,24);4H,1-3H3;1-2H3/t7-,27?;;/m0../s1. The van der Waals surface area contributed by atoms with Crippen molar-refractivity contribution in [2.45, 2.75) is 46.8 Å². The summed E-state index contributed by atoms with van der Waals surface area (Å²) in [4.78, 5) is 10.8. The van der Waals surface area contributed by atoms with E-state index in [1.54, 1.807) is 7.11 Å². The third kappa shape index (κ3) is 9.58. The van der Waals surface area contributed by atoms with E-state index in [-0.39, 0.29) is 17.1 Å². The Kier molecular flexibility index (Phi) is 14.0. The number of benzene rings is 2.